The molecule has 0 spiro atoms. The first-order valence-electron chi connectivity index (χ1n) is 6.39. The highest BCUT2D eigenvalue weighted by atomic mass is 19.1. The van der Waals surface area contributed by atoms with Crippen molar-refractivity contribution in [3.8, 4) is 5.75 Å². The van der Waals surface area contributed by atoms with E-state index in [9.17, 15) is 9.18 Å². The van der Waals surface area contributed by atoms with E-state index >= 15 is 0 Å². The molecule has 0 unspecified atom stereocenters. The zero-order chi connectivity index (χ0) is 14.8. The van der Waals surface area contributed by atoms with Crippen LogP contribution in [0.15, 0.2) is 48.7 Å². The van der Waals surface area contributed by atoms with Crippen molar-refractivity contribution < 1.29 is 13.9 Å². The maximum atomic E-state index is 13.3. The lowest BCUT2D eigenvalue weighted by atomic mass is 10.1. The molecule has 0 bridgehead atoms. The van der Waals surface area contributed by atoms with E-state index in [1.54, 1.807) is 43.6 Å². The molecule has 0 radical (unpaired) electrons. The predicted molar refractivity (Wildman–Crippen MR) is 79.2 cm³/mol. The number of rotatable bonds is 3. The number of ether oxygens (including phenoxy) is 1. The Labute approximate surface area is 120 Å². The van der Waals surface area contributed by atoms with Crippen LogP contribution in [0.3, 0.4) is 0 Å². The van der Waals surface area contributed by atoms with E-state index in [2.05, 4.69) is 10.3 Å². The molecule has 5 heteroatoms. The Hall–Kier alpha value is -2.82. The lowest BCUT2D eigenvalue weighted by molar-refractivity contribution is 0.102. The Morgan fingerprint density at radius 3 is 2.67 bits per heavy atom. The number of aromatic nitrogens is 1. The van der Waals surface area contributed by atoms with Crippen LogP contribution in [-0.2, 0) is 0 Å². The molecule has 3 aromatic rings. The van der Waals surface area contributed by atoms with E-state index in [1.165, 1.54) is 12.1 Å². The maximum Gasteiger partial charge on any atom is 0.257 e. The zero-order valence-electron chi connectivity index (χ0n) is 11.3. The molecule has 0 aliphatic heterocycles. The summed E-state index contributed by atoms with van der Waals surface area (Å²) in [6.45, 7) is 0. The second kappa shape index (κ2) is 5.28. The monoisotopic (exact) mass is 284 g/mol. The van der Waals surface area contributed by atoms with Crippen LogP contribution in [0.4, 0.5) is 10.1 Å². The third-order valence-electron chi connectivity index (χ3n) is 3.24. The van der Waals surface area contributed by atoms with Crippen LogP contribution in [-0.4, -0.2) is 18.0 Å². The van der Waals surface area contributed by atoms with E-state index in [0.717, 1.165) is 5.52 Å². The van der Waals surface area contributed by atoms with Crippen molar-refractivity contribution in [3.05, 3.63) is 60.0 Å². The van der Waals surface area contributed by atoms with Gasteiger partial charge in [-0.05, 0) is 42.5 Å². The average molecular weight is 284 g/mol. The number of hydrogen-bond acceptors (Lipinski definition) is 2. The van der Waals surface area contributed by atoms with Gasteiger partial charge < -0.3 is 15.0 Å². The summed E-state index contributed by atoms with van der Waals surface area (Å²) in [5.74, 6) is 0.0415. The topological polar surface area (TPSA) is 54.1 Å². The van der Waals surface area contributed by atoms with E-state index in [1.807, 2.05) is 0 Å². The van der Waals surface area contributed by atoms with E-state index in [-0.39, 0.29) is 11.7 Å². The summed E-state index contributed by atoms with van der Waals surface area (Å²) in [7, 11) is 1.58. The van der Waals surface area contributed by atoms with Crippen molar-refractivity contribution in [2.75, 3.05) is 12.4 Å². The van der Waals surface area contributed by atoms with Gasteiger partial charge in [0.05, 0.1) is 12.7 Å². The fraction of sp³-hybridized carbons (Fsp3) is 0.0625. The number of methoxy groups -OCH3 is 1. The molecule has 1 heterocycles. The fourth-order valence-corrected chi connectivity index (χ4v) is 2.15. The van der Waals surface area contributed by atoms with Gasteiger partial charge in [0.15, 0.2) is 0 Å². The smallest absolute Gasteiger partial charge is 0.257 e. The molecule has 0 atom stereocenters. The van der Waals surface area contributed by atoms with Gasteiger partial charge in [0, 0.05) is 22.8 Å². The Morgan fingerprint density at radius 1 is 1.19 bits per heavy atom. The fourth-order valence-electron chi connectivity index (χ4n) is 2.15. The molecule has 2 aromatic carbocycles. The van der Waals surface area contributed by atoms with Crippen LogP contribution >= 0.6 is 0 Å². The third-order valence-corrected chi connectivity index (χ3v) is 3.24. The Bertz CT molecular complexity index is 794. The highest BCUT2D eigenvalue weighted by Crippen LogP contribution is 2.21. The van der Waals surface area contributed by atoms with Crippen LogP contribution in [0.25, 0.3) is 10.9 Å². The predicted octanol–water partition coefficient (Wildman–Crippen LogP) is 3.57. The molecule has 0 saturated heterocycles. The summed E-state index contributed by atoms with van der Waals surface area (Å²) < 4.78 is 18.4. The number of hydrogen-bond donors (Lipinski definition) is 2. The van der Waals surface area contributed by atoms with Crippen molar-refractivity contribution in [1.29, 1.82) is 0 Å². The number of H-pyrrole nitrogens is 1. The molecule has 1 aromatic heterocycles. The van der Waals surface area contributed by atoms with Gasteiger partial charge in [0.2, 0.25) is 0 Å². The molecule has 2 N–H and O–H groups in total. The second-order valence-electron chi connectivity index (χ2n) is 4.57. The number of nitrogens with one attached hydrogen (secondary N) is 2. The molecule has 0 aliphatic rings. The standard InChI is InChI=1S/C16H13FN2O2/c1-21-12-5-3-11(4-6-12)19-16(20)14-9-18-15-7-2-10(17)8-13(14)15/h2-9,18H,1H3,(H,19,20). The molecule has 0 fully saturated rings. The van der Waals surface area contributed by atoms with Crippen molar-refractivity contribution in [1.82, 2.24) is 4.98 Å². The molecule has 106 valence electrons. The summed E-state index contributed by atoms with van der Waals surface area (Å²) >= 11 is 0. The number of carbonyl (C=O) groups excluding carboxylic acids is 1. The number of anilines is 1. The molecule has 1 amide bonds. The summed E-state index contributed by atoms with van der Waals surface area (Å²) in [6, 6.07) is 11.3. The summed E-state index contributed by atoms with van der Waals surface area (Å²) in [5, 5.41) is 3.33. The molecule has 0 aliphatic carbocycles. The van der Waals surface area contributed by atoms with Gasteiger partial charge in [-0.25, -0.2) is 4.39 Å². The molecular weight excluding hydrogens is 271 g/mol. The van der Waals surface area contributed by atoms with Crippen LogP contribution in [0.2, 0.25) is 0 Å². The largest absolute Gasteiger partial charge is 0.497 e. The minimum atomic E-state index is -0.374. The van der Waals surface area contributed by atoms with E-state index in [0.29, 0.717) is 22.4 Å². The summed E-state index contributed by atoms with van der Waals surface area (Å²) in [6.07, 6.45) is 1.57. The average Bonchev–Trinajstić information content (AvgIpc) is 2.91. The van der Waals surface area contributed by atoms with Crippen molar-refractivity contribution in [2.24, 2.45) is 0 Å². The number of amides is 1. The lowest BCUT2D eigenvalue weighted by Crippen LogP contribution is -2.11. The highest BCUT2D eigenvalue weighted by molar-refractivity contribution is 6.12. The van der Waals surface area contributed by atoms with Crippen LogP contribution < -0.4 is 10.1 Å². The molecular formula is C16H13FN2O2. The van der Waals surface area contributed by atoms with Crippen molar-refractivity contribution in [3.63, 3.8) is 0 Å². The van der Waals surface area contributed by atoms with Gasteiger partial charge in [0.1, 0.15) is 11.6 Å². The van der Waals surface area contributed by atoms with Crippen molar-refractivity contribution in [2.45, 2.75) is 0 Å². The maximum absolute atomic E-state index is 13.3. The number of carbonyl (C=O) groups is 1. The summed E-state index contributed by atoms with van der Waals surface area (Å²) in [4.78, 5) is 15.2. The normalized spacial score (nSPS) is 10.6. The Kier molecular flexibility index (Phi) is 3.31. The van der Waals surface area contributed by atoms with Gasteiger partial charge in [0.25, 0.3) is 5.91 Å². The first-order valence-corrected chi connectivity index (χ1v) is 6.39. The lowest BCUT2D eigenvalue weighted by Gasteiger charge is -2.05. The first kappa shape index (κ1) is 13.2. The molecule has 3 rings (SSSR count). The number of halogens is 1. The van der Waals surface area contributed by atoms with Crippen LogP contribution in [0.5, 0.6) is 5.75 Å². The van der Waals surface area contributed by atoms with E-state index in [4.69, 9.17) is 4.74 Å². The third kappa shape index (κ3) is 2.58. The number of benzene rings is 2. The second-order valence-corrected chi connectivity index (χ2v) is 4.57. The minimum Gasteiger partial charge on any atom is -0.497 e. The first-order chi connectivity index (χ1) is 10.2. The van der Waals surface area contributed by atoms with Crippen molar-refractivity contribution >= 4 is 22.5 Å². The summed E-state index contributed by atoms with van der Waals surface area (Å²) in [5.41, 5.74) is 1.77. The highest BCUT2D eigenvalue weighted by Gasteiger charge is 2.12. The molecule has 4 nitrogen and oxygen atoms in total. The zero-order valence-corrected chi connectivity index (χ0v) is 11.3. The molecule has 0 saturated carbocycles. The Morgan fingerprint density at radius 2 is 1.95 bits per heavy atom. The number of aromatic amines is 1. The quantitative estimate of drug-likeness (QED) is 0.772. The van der Waals surface area contributed by atoms with Gasteiger partial charge in [-0.1, -0.05) is 0 Å². The SMILES string of the molecule is COc1ccc(NC(=O)c2c[nH]c3ccc(F)cc23)cc1. The molecule has 21 heavy (non-hydrogen) atoms. The van der Waals surface area contributed by atoms with E-state index < -0.39 is 0 Å². The minimum absolute atomic E-state index is 0.294. The van der Waals surface area contributed by atoms with Gasteiger partial charge in [-0.15, -0.1) is 0 Å². The number of fused-ring (bicyclic) bond motifs is 1. The van der Waals surface area contributed by atoms with Gasteiger partial charge in [-0.2, -0.15) is 0 Å². The van der Waals surface area contributed by atoms with Crippen LogP contribution in [0.1, 0.15) is 10.4 Å². The van der Waals surface area contributed by atoms with Gasteiger partial charge in [-0.3, -0.25) is 4.79 Å². The van der Waals surface area contributed by atoms with Crippen LogP contribution in [0, 0.1) is 5.82 Å². The van der Waals surface area contributed by atoms with Gasteiger partial charge >= 0.3 is 0 Å². The Balaban J connectivity index is 1.87.